The Hall–Kier alpha value is -2.06. The number of hydrogen-bond acceptors (Lipinski definition) is 27. The van der Waals surface area contributed by atoms with E-state index in [9.17, 15) is 81.1 Å². The molecule has 5 rings (SSSR count). The molecule has 5 fully saturated rings. The maximum Gasteiger partial charge on any atom is 0.217 e. The van der Waals surface area contributed by atoms with Gasteiger partial charge in [0.2, 0.25) is 11.8 Å². The number of carbonyl (C=O) groups excluding carboxylic acids is 2. The molecule has 378 valence electrons. The average Bonchev–Trinajstić information content (AvgIpc) is 3.27. The van der Waals surface area contributed by atoms with Crippen molar-refractivity contribution in [2.45, 2.75) is 167 Å². The third-order valence-corrected chi connectivity index (χ3v) is 11.5. The highest BCUT2D eigenvalue weighted by Crippen LogP contribution is 2.35. The average molecular weight is 954 g/mol. The first-order chi connectivity index (χ1) is 30.8. The number of amides is 2. The minimum Gasteiger partial charge on any atom is -0.394 e. The van der Waals surface area contributed by atoms with Gasteiger partial charge in [0, 0.05) is 20.4 Å². The summed E-state index contributed by atoms with van der Waals surface area (Å²) in [6.07, 6.45) is -41.5. The van der Waals surface area contributed by atoms with Gasteiger partial charge in [-0.2, -0.15) is 0 Å². The second-order valence-electron chi connectivity index (χ2n) is 16.1. The summed E-state index contributed by atoms with van der Waals surface area (Å²) in [7, 11) is 0. The van der Waals surface area contributed by atoms with Gasteiger partial charge in [0.05, 0.1) is 39.6 Å². The zero-order chi connectivity index (χ0) is 48.0. The molecule has 5 heterocycles. The molecule has 29 nitrogen and oxygen atoms in total. The van der Waals surface area contributed by atoms with Crippen LogP contribution in [0.4, 0.5) is 0 Å². The highest BCUT2D eigenvalue weighted by molar-refractivity contribution is 5.73. The lowest BCUT2D eigenvalue weighted by atomic mass is 9.94. The fraction of sp³-hybridized carbons (Fsp3) is 0.944. The molecule has 18 N–H and O–H groups in total. The van der Waals surface area contributed by atoms with E-state index < -0.39 is 198 Å². The molecule has 25 atom stereocenters. The number of ether oxygens (including phenoxy) is 10. The van der Waals surface area contributed by atoms with E-state index in [0.717, 1.165) is 13.8 Å². The molecule has 0 aromatic rings. The Morgan fingerprint density at radius 1 is 0.446 bits per heavy atom. The molecule has 2 amide bonds. The maximum absolute atomic E-state index is 12.5. The summed E-state index contributed by atoms with van der Waals surface area (Å²) in [4.78, 5) is 24.6. The van der Waals surface area contributed by atoms with Crippen molar-refractivity contribution in [3.63, 3.8) is 0 Å². The van der Waals surface area contributed by atoms with Crippen molar-refractivity contribution in [2.24, 2.45) is 5.73 Å². The second-order valence-corrected chi connectivity index (χ2v) is 16.1. The topological polar surface area (TPSA) is 460 Å². The molecule has 0 radical (unpaired) electrons. The summed E-state index contributed by atoms with van der Waals surface area (Å²) in [5.41, 5.74) is 5.53. The molecular weight excluding hydrogens is 890 g/mol. The van der Waals surface area contributed by atoms with Gasteiger partial charge in [-0.1, -0.05) is 0 Å². The van der Waals surface area contributed by atoms with Gasteiger partial charge in [-0.05, 0) is 0 Å². The van der Waals surface area contributed by atoms with Crippen LogP contribution in [0.1, 0.15) is 13.8 Å². The lowest BCUT2D eigenvalue weighted by Crippen LogP contribution is -2.70. The Balaban J connectivity index is 1.41. The smallest absolute Gasteiger partial charge is 0.217 e. The fourth-order valence-corrected chi connectivity index (χ4v) is 8.04. The molecule has 5 saturated heterocycles. The molecule has 0 aromatic heterocycles. The van der Waals surface area contributed by atoms with Crippen LogP contribution in [0.2, 0.25) is 0 Å². The monoisotopic (exact) mass is 953 g/mol. The third-order valence-electron chi connectivity index (χ3n) is 11.5. The summed E-state index contributed by atoms with van der Waals surface area (Å²) in [6, 6.07) is -2.99. The lowest BCUT2D eigenvalue weighted by molar-refractivity contribution is -0.384. The predicted molar refractivity (Wildman–Crippen MR) is 203 cm³/mol. The highest BCUT2D eigenvalue weighted by Gasteiger charge is 2.56. The molecule has 0 spiro atoms. The number of nitrogens with one attached hydrogen (secondary N) is 2. The van der Waals surface area contributed by atoms with E-state index >= 15 is 0 Å². The van der Waals surface area contributed by atoms with Gasteiger partial charge in [-0.25, -0.2) is 0 Å². The van der Waals surface area contributed by atoms with E-state index in [2.05, 4.69) is 10.6 Å². The van der Waals surface area contributed by atoms with Crippen LogP contribution < -0.4 is 16.4 Å². The van der Waals surface area contributed by atoms with Gasteiger partial charge in [0.1, 0.15) is 122 Å². The van der Waals surface area contributed by atoms with Crippen LogP contribution in [0.3, 0.4) is 0 Å². The van der Waals surface area contributed by atoms with Gasteiger partial charge in [-0.3, -0.25) is 9.59 Å². The van der Waals surface area contributed by atoms with Crippen molar-refractivity contribution < 1.29 is 128 Å². The van der Waals surface area contributed by atoms with E-state index in [4.69, 9.17) is 53.1 Å². The molecule has 10 unspecified atom stereocenters. The van der Waals surface area contributed by atoms with E-state index in [1.54, 1.807) is 0 Å². The fourth-order valence-electron chi connectivity index (χ4n) is 8.04. The Morgan fingerprint density at radius 3 is 1.34 bits per heavy atom. The van der Waals surface area contributed by atoms with Crippen molar-refractivity contribution in [1.82, 2.24) is 10.6 Å². The second kappa shape index (κ2) is 24.0. The van der Waals surface area contributed by atoms with E-state index in [-0.39, 0.29) is 13.2 Å². The molecule has 65 heavy (non-hydrogen) atoms. The van der Waals surface area contributed by atoms with Gasteiger partial charge < -0.3 is 135 Å². The standard InChI is InChI=1S/C36H63N3O26/c1-10(44)38-17-22(49)29(14(7-42)60-32(17)56-4-3-37)63-33-18(39-11(2)45)23(50)30(15(8-43)61-33)64-36-28(55)31(65-35-27(54)25(52)20(47)13(6-41)59-35)21(48)16(62-36)9-57-34-26(53)24(51)19(46)12(5-40)58-34/h12-36,40-43,46-55H,3-9,37H2,1-2H3,(H,38,44)(H,39,45)/t12?,13-,14?,15?,16?,17?,18?,19+,20+,21+,22+,23-,24+,25?,26?,27?,28?,29+,30+,31-,32+,33-,34-,35+,36-/m0/s1. The van der Waals surface area contributed by atoms with Gasteiger partial charge in [-0.15, -0.1) is 0 Å². The van der Waals surface area contributed by atoms with Crippen molar-refractivity contribution in [3.8, 4) is 0 Å². The van der Waals surface area contributed by atoms with Crippen LogP contribution in [-0.2, 0) is 57.0 Å². The SMILES string of the molecule is CC(=O)NC1[C@H](OCCN)OC(CO)[C@@H](O[C@@H]2OC(CO)[C@@H](O[C@@H]3OC(CO[C@H]4OC(CO)[C@@H](O)[C@@H](O)C4O)[C@@H](O)[C@H](O[C@H]4O[C@@H](CO)[C@@H](O)C(O)C4O)C3O)[C@@H](O)C2NC(C)=O)[C@@H]1O. The highest BCUT2D eigenvalue weighted by atomic mass is 16.8. The lowest BCUT2D eigenvalue weighted by Gasteiger charge is -2.50. The molecule has 0 aromatic carbocycles. The first-order valence-electron chi connectivity index (χ1n) is 20.8. The quantitative estimate of drug-likeness (QED) is 0.0606. The van der Waals surface area contributed by atoms with Crippen LogP contribution in [0.5, 0.6) is 0 Å². The maximum atomic E-state index is 12.5. The summed E-state index contributed by atoms with van der Waals surface area (Å²) < 4.78 is 57.2. The number of aliphatic hydroxyl groups excluding tert-OH is 14. The number of aliphatic hydroxyl groups is 14. The molecule has 5 aliphatic rings. The third kappa shape index (κ3) is 12.2. The van der Waals surface area contributed by atoms with Crippen LogP contribution in [0, 0.1) is 0 Å². The summed E-state index contributed by atoms with van der Waals surface area (Å²) >= 11 is 0. The molecule has 5 aliphatic heterocycles. The molecule has 29 heteroatoms. The Kier molecular flexibility index (Phi) is 19.9. The van der Waals surface area contributed by atoms with Crippen molar-refractivity contribution in [1.29, 1.82) is 0 Å². The van der Waals surface area contributed by atoms with E-state index in [0.29, 0.717) is 0 Å². The van der Waals surface area contributed by atoms with Crippen LogP contribution >= 0.6 is 0 Å². The van der Waals surface area contributed by atoms with Crippen LogP contribution in [0.25, 0.3) is 0 Å². The van der Waals surface area contributed by atoms with Gasteiger partial charge in [0.25, 0.3) is 0 Å². The van der Waals surface area contributed by atoms with E-state index in [1.807, 2.05) is 0 Å². The number of rotatable bonds is 18. The Bertz CT molecular complexity index is 1490. The van der Waals surface area contributed by atoms with Crippen LogP contribution in [0.15, 0.2) is 0 Å². The summed E-state index contributed by atoms with van der Waals surface area (Å²) in [5, 5.41) is 154. The summed E-state index contributed by atoms with van der Waals surface area (Å²) in [5.74, 6) is -1.41. The Morgan fingerprint density at radius 2 is 0.846 bits per heavy atom. The summed E-state index contributed by atoms with van der Waals surface area (Å²) in [6.45, 7) is -2.21. The van der Waals surface area contributed by atoms with Crippen molar-refractivity contribution in [2.75, 3.05) is 46.2 Å². The first kappa shape index (κ1) is 53.9. The normalized spacial score (nSPS) is 47.2. The molecule has 0 saturated carbocycles. The first-order valence-corrected chi connectivity index (χ1v) is 20.8. The van der Waals surface area contributed by atoms with Gasteiger partial charge >= 0.3 is 0 Å². The number of hydrogen-bond donors (Lipinski definition) is 17. The Labute approximate surface area is 370 Å². The zero-order valence-corrected chi connectivity index (χ0v) is 35.1. The molecular formula is C36H63N3O26. The van der Waals surface area contributed by atoms with Crippen molar-refractivity contribution in [3.05, 3.63) is 0 Å². The predicted octanol–water partition coefficient (Wildman–Crippen LogP) is -11.7. The van der Waals surface area contributed by atoms with E-state index in [1.165, 1.54) is 0 Å². The number of nitrogens with two attached hydrogens (primary N) is 1. The van der Waals surface area contributed by atoms with Crippen molar-refractivity contribution >= 4 is 11.8 Å². The van der Waals surface area contributed by atoms with Crippen LogP contribution in [-0.4, -0.2) is 283 Å². The molecule has 0 aliphatic carbocycles. The largest absolute Gasteiger partial charge is 0.394 e. The number of carbonyl (C=O) groups is 2. The minimum absolute atomic E-state index is 0.0243. The minimum atomic E-state index is -2.18. The van der Waals surface area contributed by atoms with Gasteiger partial charge in [0.15, 0.2) is 31.5 Å². The zero-order valence-electron chi connectivity index (χ0n) is 35.1. The molecule has 0 bridgehead atoms.